The molecule has 0 bridgehead atoms. The topological polar surface area (TPSA) is 67.3 Å². The van der Waals surface area contributed by atoms with E-state index < -0.39 is 0 Å². The van der Waals surface area contributed by atoms with E-state index in [1.165, 1.54) is 0 Å². The van der Waals surface area contributed by atoms with Crippen molar-refractivity contribution in [2.24, 2.45) is 0 Å². The lowest BCUT2D eigenvalue weighted by Gasteiger charge is -2.21. The van der Waals surface area contributed by atoms with Gasteiger partial charge < -0.3 is 15.0 Å². The summed E-state index contributed by atoms with van der Waals surface area (Å²) in [5.74, 6) is 1.34. The molecule has 0 saturated carbocycles. The summed E-state index contributed by atoms with van der Waals surface area (Å²) in [7, 11) is 1.58. The van der Waals surface area contributed by atoms with Crippen LogP contribution in [0.3, 0.4) is 0 Å². The van der Waals surface area contributed by atoms with E-state index in [1.54, 1.807) is 13.2 Å². The van der Waals surface area contributed by atoms with Crippen molar-refractivity contribution in [1.29, 1.82) is 0 Å². The molecule has 0 unspecified atom stereocenters. The number of carbonyl (C=O) groups excluding carboxylic acids is 1. The van der Waals surface area contributed by atoms with Gasteiger partial charge in [0.15, 0.2) is 5.82 Å². The molecule has 1 aliphatic rings. The average molecular weight is 271 g/mol. The zero-order chi connectivity index (χ0) is 13.0. The summed E-state index contributed by atoms with van der Waals surface area (Å²) in [6.45, 7) is 2.27. The van der Waals surface area contributed by atoms with Gasteiger partial charge >= 0.3 is 0 Å². The number of hydrogen-bond donors (Lipinski definition) is 1. The first kappa shape index (κ1) is 13.0. The molecule has 1 saturated heterocycles. The minimum absolute atomic E-state index is 0.0646. The van der Waals surface area contributed by atoms with Crippen molar-refractivity contribution in [3.63, 3.8) is 0 Å². The Bertz CT molecular complexity index is 441. The van der Waals surface area contributed by atoms with Crippen molar-refractivity contribution in [3.05, 3.63) is 17.0 Å². The lowest BCUT2D eigenvalue weighted by molar-refractivity contribution is -0.120. The van der Waals surface area contributed by atoms with Crippen molar-refractivity contribution in [2.45, 2.75) is 13.0 Å². The summed E-state index contributed by atoms with van der Waals surface area (Å²) in [5, 5.41) is 3.20. The van der Waals surface area contributed by atoms with E-state index in [0.717, 1.165) is 5.82 Å². The standard InChI is InChI=1S/C11H15ClN4O2/c1-18-7-9-14-8(12)6-10(15-9)16-4-2-11(17)13-3-5-16/h6H,2-5,7H2,1H3,(H,13,17). The molecule has 0 spiro atoms. The number of anilines is 1. The zero-order valence-electron chi connectivity index (χ0n) is 10.1. The zero-order valence-corrected chi connectivity index (χ0v) is 10.9. The molecule has 1 aromatic rings. The highest BCUT2D eigenvalue weighted by atomic mass is 35.5. The quantitative estimate of drug-likeness (QED) is 0.815. The number of aromatic nitrogens is 2. The van der Waals surface area contributed by atoms with Gasteiger partial charge in [0, 0.05) is 39.2 Å². The molecule has 1 fully saturated rings. The number of nitrogens with zero attached hydrogens (tertiary/aromatic N) is 3. The molecule has 1 aliphatic heterocycles. The van der Waals surface area contributed by atoms with Gasteiger partial charge in [0.05, 0.1) is 0 Å². The van der Waals surface area contributed by atoms with Gasteiger partial charge in [0.1, 0.15) is 17.6 Å². The first-order valence-corrected chi connectivity index (χ1v) is 6.11. The molecule has 98 valence electrons. The van der Waals surface area contributed by atoms with Crippen LogP contribution >= 0.6 is 11.6 Å². The van der Waals surface area contributed by atoms with Crippen molar-refractivity contribution in [3.8, 4) is 0 Å². The Morgan fingerprint density at radius 1 is 1.50 bits per heavy atom. The third-order valence-electron chi connectivity index (χ3n) is 2.64. The lowest BCUT2D eigenvalue weighted by Crippen LogP contribution is -2.29. The third kappa shape index (κ3) is 3.30. The van der Waals surface area contributed by atoms with Crippen LogP contribution in [0.2, 0.25) is 5.15 Å². The highest BCUT2D eigenvalue weighted by Gasteiger charge is 2.16. The van der Waals surface area contributed by atoms with E-state index in [-0.39, 0.29) is 5.91 Å². The van der Waals surface area contributed by atoms with E-state index in [0.29, 0.717) is 43.6 Å². The molecule has 0 radical (unpaired) electrons. The Balaban J connectivity index is 2.18. The fraction of sp³-hybridized carbons (Fsp3) is 0.545. The second kappa shape index (κ2) is 5.97. The van der Waals surface area contributed by atoms with Crippen LogP contribution in [0.5, 0.6) is 0 Å². The van der Waals surface area contributed by atoms with Crippen LogP contribution in [0, 0.1) is 0 Å². The molecule has 0 aliphatic carbocycles. The van der Waals surface area contributed by atoms with Gasteiger partial charge in [0.2, 0.25) is 5.91 Å². The Labute approximate surface area is 110 Å². The van der Waals surface area contributed by atoms with Gasteiger partial charge in [-0.05, 0) is 0 Å². The number of carbonyl (C=O) groups is 1. The molecule has 2 heterocycles. The van der Waals surface area contributed by atoms with Crippen LogP contribution in [-0.4, -0.2) is 42.6 Å². The van der Waals surface area contributed by atoms with Crippen LogP contribution in [0.25, 0.3) is 0 Å². The average Bonchev–Trinajstić information content (AvgIpc) is 2.54. The Kier molecular flexibility index (Phi) is 4.33. The fourth-order valence-corrected chi connectivity index (χ4v) is 2.00. The summed E-state index contributed by atoms with van der Waals surface area (Å²) >= 11 is 5.96. The summed E-state index contributed by atoms with van der Waals surface area (Å²) in [4.78, 5) is 21.8. The lowest BCUT2D eigenvalue weighted by atomic mass is 10.3. The van der Waals surface area contributed by atoms with Gasteiger partial charge in [0.25, 0.3) is 0 Å². The number of methoxy groups -OCH3 is 1. The number of hydrogen-bond acceptors (Lipinski definition) is 5. The molecule has 0 aromatic carbocycles. The molecule has 2 rings (SSSR count). The van der Waals surface area contributed by atoms with Crippen molar-refractivity contribution in [2.75, 3.05) is 31.6 Å². The van der Waals surface area contributed by atoms with Gasteiger partial charge in [-0.25, -0.2) is 9.97 Å². The summed E-state index contributed by atoms with van der Waals surface area (Å²) in [6, 6.07) is 1.70. The van der Waals surface area contributed by atoms with Crippen molar-refractivity contribution < 1.29 is 9.53 Å². The second-order valence-electron chi connectivity index (χ2n) is 3.99. The highest BCUT2D eigenvalue weighted by Crippen LogP contribution is 2.17. The van der Waals surface area contributed by atoms with Gasteiger partial charge in [-0.3, -0.25) is 4.79 Å². The smallest absolute Gasteiger partial charge is 0.221 e. The maximum atomic E-state index is 11.3. The van der Waals surface area contributed by atoms with Crippen molar-refractivity contribution >= 4 is 23.3 Å². The fourth-order valence-electron chi connectivity index (χ4n) is 1.80. The minimum atomic E-state index is 0.0646. The first-order chi connectivity index (χ1) is 8.69. The molecular weight excluding hydrogens is 256 g/mol. The third-order valence-corrected chi connectivity index (χ3v) is 2.83. The summed E-state index contributed by atoms with van der Waals surface area (Å²) in [6.07, 6.45) is 0.460. The van der Waals surface area contributed by atoms with E-state index in [4.69, 9.17) is 16.3 Å². The number of halogens is 1. The Morgan fingerprint density at radius 2 is 2.33 bits per heavy atom. The van der Waals surface area contributed by atoms with Crippen LogP contribution < -0.4 is 10.2 Å². The SMILES string of the molecule is COCc1nc(Cl)cc(N2CCNC(=O)CC2)n1. The summed E-state index contributed by atoms with van der Waals surface area (Å²) in [5.41, 5.74) is 0. The van der Waals surface area contributed by atoms with Crippen LogP contribution in [0.4, 0.5) is 5.82 Å². The maximum Gasteiger partial charge on any atom is 0.221 e. The van der Waals surface area contributed by atoms with E-state index in [1.807, 2.05) is 4.90 Å². The van der Waals surface area contributed by atoms with Gasteiger partial charge in [-0.15, -0.1) is 0 Å². The van der Waals surface area contributed by atoms with Crippen molar-refractivity contribution in [1.82, 2.24) is 15.3 Å². The molecule has 1 N–H and O–H groups in total. The predicted octanol–water partition coefficient (Wildman–Crippen LogP) is 0.603. The maximum absolute atomic E-state index is 11.3. The molecule has 6 nitrogen and oxygen atoms in total. The van der Waals surface area contributed by atoms with E-state index >= 15 is 0 Å². The van der Waals surface area contributed by atoms with E-state index in [2.05, 4.69) is 15.3 Å². The molecule has 18 heavy (non-hydrogen) atoms. The molecule has 7 heteroatoms. The highest BCUT2D eigenvalue weighted by molar-refractivity contribution is 6.29. The molecule has 0 atom stereocenters. The monoisotopic (exact) mass is 270 g/mol. The number of rotatable bonds is 3. The van der Waals surface area contributed by atoms with Crippen LogP contribution in [0.15, 0.2) is 6.07 Å². The first-order valence-electron chi connectivity index (χ1n) is 5.73. The predicted molar refractivity (Wildman–Crippen MR) is 67.6 cm³/mol. The van der Waals surface area contributed by atoms with Gasteiger partial charge in [-0.1, -0.05) is 11.6 Å². The normalized spacial score (nSPS) is 16.3. The largest absolute Gasteiger partial charge is 0.377 e. The number of ether oxygens (including phenoxy) is 1. The minimum Gasteiger partial charge on any atom is -0.377 e. The Hall–Kier alpha value is -1.40. The van der Waals surface area contributed by atoms with Gasteiger partial charge in [-0.2, -0.15) is 0 Å². The van der Waals surface area contributed by atoms with Crippen LogP contribution in [0.1, 0.15) is 12.2 Å². The molecule has 1 amide bonds. The molecule has 1 aromatic heterocycles. The molecular formula is C11H15ClN4O2. The second-order valence-corrected chi connectivity index (χ2v) is 4.37. The van der Waals surface area contributed by atoms with Crippen LogP contribution in [-0.2, 0) is 16.1 Å². The van der Waals surface area contributed by atoms with E-state index in [9.17, 15) is 4.79 Å². The number of nitrogens with one attached hydrogen (secondary N) is 1. The summed E-state index contributed by atoms with van der Waals surface area (Å²) < 4.78 is 5.00. The number of amides is 1. The Morgan fingerprint density at radius 3 is 3.11 bits per heavy atom.